The highest BCUT2D eigenvalue weighted by Crippen LogP contribution is 2.25. The summed E-state index contributed by atoms with van der Waals surface area (Å²) in [5, 5.41) is 10.00. The molecule has 0 bridgehead atoms. The molecule has 3 aromatic rings. The van der Waals surface area contributed by atoms with E-state index in [1.165, 1.54) is 6.21 Å². The summed E-state index contributed by atoms with van der Waals surface area (Å²) in [7, 11) is 1.56. The van der Waals surface area contributed by atoms with Crippen molar-refractivity contribution < 1.29 is 14.3 Å². The summed E-state index contributed by atoms with van der Waals surface area (Å²) < 4.78 is 5.22. The van der Waals surface area contributed by atoms with Gasteiger partial charge in [0.25, 0.3) is 5.91 Å². The minimum Gasteiger partial charge on any atom is -0.496 e. The predicted octanol–water partition coefficient (Wildman–Crippen LogP) is 5.41. The molecule has 158 valence electrons. The molecule has 0 saturated carbocycles. The number of halogens is 2. The summed E-state index contributed by atoms with van der Waals surface area (Å²) in [5.74, 6) is 0.257. The lowest BCUT2D eigenvalue weighted by molar-refractivity contribution is 0.0955. The van der Waals surface area contributed by atoms with Crippen molar-refractivity contribution in [3.8, 4) is 5.75 Å². The van der Waals surface area contributed by atoms with Crippen molar-refractivity contribution in [3.05, 3.63) is 87.9 Å². The SMILES string of the molecule is COc1ccccc1C=NNC(=O)c1ccc(NC(=O)Nc2ccc(Cl)c(Cl)c2)cc1. The summed E-state index contributed by atoms with van der Waals surface area (Å²) in [5.41, 5.74) is 4.57. The number of anilines is 2. The maximum Gasteiger partial charge on any atom is 0.323 e. The van der Waals surface area contributed by atoms with Gasteiger partial charge in [-0.25, -0.2) is 10.2 Å². The van der Waals surface area contributed by atoms with E-state index in [1.807, 2.05) is 18.2 Å². The molecule has 31 heavy (non-hydrogen) atoms. The van der Waals surface area contributed by atoms with Crippen molar-refractivity contribution in [1.82, 2.24) is 5.43 Å². The molecule has 0 aliphatic heterocycles. The van der Waals surface area contributed by atoms with Crippen LogP contribution in [0.5, 0.6) is 5.75 Å². The number of amides is 3. The minimum absolute atomic E-state index is 0.336. The average Bonchev–Trinajstić information content (AvgIpc) is 2.77. The average molecular weight is 457 g/mol. The number of ether oxygens (including phenoxy) is 1. The maximum atomic E-state index is 12.2. The Morgan fingerprint density at radius 3 is 2.29 bits per heavy atom. The third kappa shape index (κ3) is 6.21. The Morgan fingerprint density at radius 1 is 0.903 bits per heavy atom. The molecular formula is C22H18Cl2N4O3. The standard InChI is InChI=1S/C22H18Cl2N4O3/c1-31-20-5-3-2-4-15(20)13-25-28-21(29)14-6-8-16(9-7-14)26-22(30)27-17-10-11-18(23)19(24)12-17/h2-13H,1H3,(H,28,29)(H2,26,27,30). The smallest absolute Gasteiger partial charge is 0.323 e. The number of para-hydroxylation sites is 1. The Balaban J connectivity index is 1.55. The molecule has 3 amide bonds. The number of carbonyl (C=O) groups excluding carboxylic acids is 2. The van der Waals surface area contributed by atoms with Crippen molar-refractivity contribution >= 4 is 52.7 Å². The fraction of sp³-hybridized carbons (Fsp3) is 0.0455. The van der Waals surface area contributed by atoms with Gasteiger partial charge in [0, 0.05) is 22.5 Å². The third-order valence-electron chi connectivity index (χ3n) is 4.09. The molecule has 0 unspecified atom stereocenters. The summed E-state index contributed by atoms with van der Waals surface area (Å²) >= 11 is 11.8. The lowest BCUT2D eigenvalue weighted by Crippen LogP contribution is -2.20. The van der Waals surface area contributed by atoms with E-state index in [0.29, 0.717) is 32.7 Å². The van der Waals surface area contributed by atoms with E-state index >= 15 is 0 Å². The fourth-order valence-electron chi connectivity index (χ4n) is 2.57. The van der Waals surface area contributed by atoms with Crippen LogP contribution in [0, 0.1) is 0 Å². The second-order valence-electron chi connectivity index (χ2n) is 6.23. The van der Waals surface area contributed by atoms with Gasteiger partial charge in [0.05, 0.1) is 23.4 Å². The number of rotatable bonds is 6. The first kappa shape index (κ1) is 22.1. The molecule has 0 radical (unpaired) electrons. The number of hydrogen-bond donors (Lipinski definition) is 3. The normalized spacial score (nSPS) is 10.5. The van der Waals surface area contributed by atoms with E-state index in [4.69, 9.17) is 27.9 Å². The molecule has 0 aromatic heterocycles. The van der Waals surface area contributed by atoms with E-state index in [0.717, 1.165) is 5.56 Å². The van der Waals surface area contributed by atoms with Crippen LogP contribution in [0.2, 0.25) is 10.0 Å². The Kier molecular flexibility index (Phi) is 7.48. The van der Waals surface area contributed by atoms with Crippen molar-refractivity contribution in [2.75, 3.05) is 17.7 Å². The van der Waals surface area contributed by atoms with Crippen molar-refractivity contribution in [3.63, 3.8) is 0 Å². The molecule has 0 atom stereocenters. The summed E-state index contributed by atoms with van der Waals surface area (Å²) in [6.45, 7) is 0. The quantitative estimate of drug-likeness (QED) is 0.342. The van der Waals surface area contributed by atoms with Crippen LogP contribution < -0.4 is 20.8 Å². The van der Waals surface area contributed by atoms with Crippen LogP contribution in [0.3, 0.4) is 0 Å². The zero-order valence-corrected chi connectivity index (χ0v) is 17.9. The molecule has 3 N–H and O–H groups in total. The van der Waals surface area contributed by atoms with E-state index in [9.17, 15) is 9.59 Å². The van der Waals surface area contributed by atoms with Gasteiger partial charge in [-0.1, -0.05) is 35.3 Å². The second kappa shape index (κ2) is 10.5. The van der Waals surface area contributed by atoms with Crippen LogP contribution in [0.1, 0.15) is 15.9 Å². The van der Waals surface area contributed by atoms with Crippen molar-refractivity contribution in [2.24, 2.45) is 5.10 Å². The molecule has 0 aliphatic carbocycles. The van der Waals surface area contributed by atoms with E-state index in [2.05, 4.69) is 21.2 Å². The van der Waals surface area contributed by atoms with Gasteiger partial charge in [0.1, 0.15) is 5.75 Å². The van der Waals surface area contributed by atoms with E-state index < -0.39 is 11.9 Å². The predicted molar refractivity (Wildman–Crippen MR) is 124 cm³/mol. The number of urea groups is 1. The first-order valence-electron chi connectivity index (χ1n) is 9.06. The summed E-state index contributed by atoms with van der Waals surface area (Å²) in [4.78, 5) is 24.4. The zero-order chi connectivity index (χ0) is 22.2. The van der Waals surface area contributed by atoms with Gasteiger partial charge >= 0.3 is 6.03 Å². The number of carbonyl (C=O) groups is 2. The van der Waals surface area contributed by atoms with E-state index in [-0.39, 0.29) is 0 Å². The largest absolute Gasteiger partial charge is 0.496 e. The zero-order valence-electron chi connectivity index (χ0n) is 16.4. The van der Waals surface area contributed by atoms with Gasteiger partial charge < -0.3 is 15.4 Å². The lowest BCUT2D eigenvalue weighted by atomic mass is 10.2. The van der Waals surface area contributed by atoms with Crippen molar-refractivity contribution in [2.45, 2.75) is 0 Å². The fourth-order valence-corrected chi connectivity index (χ4v) is 2.87. The first-order valence-corrected chi connectivity index (χ1v) is 9.81. The molecule has 7 nitrogen and oxygen atoms in total. The molecule has 0 spiro atoms. The van der Waals surface area contributed by atoms with Crippen LogP contribution in [0.25, 0.3) is 0 Å². The number of hydrazone groups is 1. The minimum atomic E-state index is -0.461. The number of methoxy groups -OCH3 is 1. The number of hydrogen-bond acceptors (Lipinski definition) is 4. The summed E-state index contributed by atoms with van der Waals surface area (Å²) in [6.07, 6.45) is 1.50. The van der Waals surface area contributed by atoms with Crippen LogP contribution in [-0.2, 0) is 0 Å². The maximum absolute atomic E-state index is 12.2. The van der Waals surface area contributed by atoms with Gasteiger partial charge in [0.15, 0.2) is 0 Å². The number of nitrogens with zero attached hydrogens (tertiary/aromatic N) is 1. The molecular weight excluding hydrogens is 439 g/mol. The third-order valence-corrected chi connectivity index (χ3v) is 4.83. The van der Waals surface area contributed by atoms with Gasteiger partial charge in [-0.05, 0) is 54.6 Å². The van der Waals surface area contributed by atoms with Gasteiger partial charge in [0.2, 0.25) is 0 Å². The van der Waals surface area contributed by atoms with Crippen LogP contribution >= 0.6 is 23.2 Å². The van der Waals surface area contributed by atoms with Gasteiger partial charge in [-0.15, -0.1) is 0 Å². The monoisotopic (exact) mass is 456 g/mol. The molecule has 9 heteroatoms. The number of benzene rings is 3. The van der Waals surface area contributed by atoms with E-state index in [1.54, 1.807) is 55.6 Å². The highest BCUT2D eigenvalue weighted by atomic mass is 35.5. The molecule has 3 rings (SSSR count). The molecule has 0 aliphatic rings. The Hall–Kier alpha value is -3.55. The molecule has 3 aromatic carbocycles. The summed E-state index contributed by atoms with van der Waals surface area (Å²) in [6, 6.07) is 18.0. The van der Waals surface area contributed by atoms with Crippen molar-refractivity contribution in [1.29, 1.82) is 0 Å². The Bertz CT molecular complexity index is 1120. The molecule has 0 saturated heterocycles. The van der Waals surface area contributed by atoms with Crippen LogP contribution in [0.15, 0.2) is 71.8 Å². The topological polar surface area (TPSA) is 91.8 Å². The Labute approximate surface area is 189 Å². The van der Waals surface area contributed by atoms with Gasteiger partial charge in [-0.3, -0.25) is 4.79 Å². The highest BCUT2D eigenvalue weighted by Gasteiger charge is 2.07. The van der Waals surface area contributed by atoms with Gasteiger partial charge in [-0.2, -0.15) is 5.10 Å². The second-order valence-corrected chi connectivity index (χ2v) is 7.04. The first-order chi connectivity index (χ1) is 15.0. The number of nitrogens with one attached hydrogen (secondary N) is 3. The Morgan fingerprint density at radius 2 is 1.58 bits per heavy atom. The highest BCUT2D eigenvalue weighted by molar-refractivity contribution is 6.42. The van der Waals surface area contributed by atoms with Crippen LogP contribution in [0.4, 0.5) is 16.2 Å². The van der Waals surface area contributed by atoms with Crippen LogP contribution in [-0.4, -0.2) is 25.3 Å². The molecule has 0 fully saturated rings. The lowest BCUT2D eigenvalue weighted by Gasteiger charge is -2.09. The molecule has 0 heterocycles.